The number of nitro groups is 1. The summed E-state index contributed by atoms with van der Waals surface area (Å²) in [5.41, 5.74) is -5.49. The molecule has 10 rings (SSSR count). The van der Waals surface area contributed by atoms with Crippen LogP contribution in [0.1, 0.15) is 84.5 Å². The zero-order valence-corrected chi connectivity index (χ0v) is 54.5. The van der Waals surface area contributed by atoms with E-state index in [1.165, 1.54) is 79.9 Å². The second-order valence-corrected chi connectivity index (χ2v) is 20.9. The Hall–Kier alpha value is -12.9. The van der Waals surface area contributed by atoms with Crippen molar-refractivity contribution in [3.8, 4) is 11.5 Å². The molecule has 0 saturated heterocycles. The molecule has 0 spiro atoms. The molecule has 0 aliphatic carbocycles. The Labute approximate surface area is 597 Å². The molecule has 1 heterocycles. The molecule has 107 heavy (non-hydrogen) atoms. The van der Waals surface area contributed by atoms with Crippen LogP contribution in [-0.2, 0) is 34.5 Å². The zero-order chi connectivity index (χ0) is 81.2. The lowest BCUT2D eigenvalue weighted by Gasteiger charge is -2.12. The van der Waals surface area contributed by atoms with Crippen LogP contribution in [0.2, 0.25) is 10.0 Å². The van der Waals surface area contributed by atoms with Crippen LogP contribution >= 0.6 is 23.2 Å². The van der Waals surface area contributed by atoms with Gasteiger partial charge in [-0.1, -0.05) is 59.6 Å². The number of nitrogens with one attached hydrogen (secondary N) is 1. The van der Waals surface area contributed by atoms with Crippen LogP contribution in [-0.4, -0.2) is 112 Å². The van der Waals surface area contributed by atoms with Crippen LogP contribution in [0.15, 0.2) is 176 Å². The number of carboxylic acid groups (broad SMARTS) is 8. The van der Waals surface area contributed by atoms with Gasteiger partial charge in [0.1, 0.15) is 34.7 Å². The van der Waals surface area contributed by atoms with Crippen LogP contribution in [0.3, 0.4) is 0 Å². The number of fused-ring (bicyclic) bond motifs is 2. The molecule has 0 amide bonds. The van der Waals surface area contributed by atoms with E-state index in [0.717, 1.165) is 54.6 Å². The minimum absolute atomic E-state index is 0.0417. The smallest absolute Gasteiger partial charge is 0.416 e. The predicted molar refractivity (Wildman–Crippen MR) is 345 cm³/mol. The van der Waals surface area contributed by atoms with E-state index in [4.69, 9.17) is 68.8 Å². The lowest BCUT2D eigenvalue weighted by Crippen LogP contribution is -2.13. The summed E-state index contributed by atoms with van der Waals surface area (Å²) in [4.78, 5) is 95.0. The Bertz CT molecular complexity index is 4830. The quantitative estimate of drug-likeness (QED) is 0.0224. The molecular formula is C68H45Cl2F15N2O20. The average molecular weight is 1570 g/mol. The number of nitrogens with zero attached hydrogens (tertiary/aromatic N) is 1. The van der Waals surface area contributed by atoms with Crippen molar-refractivity contribution >= 4 is 98.3 Å². The van der Waals surface area contributed by atoms with Crippen molar-refractivity contribution in [3.05, 3.63) is 287 Å². The number of H-pyrrole nitrogens is 1. The molecule has 9 aromatic carbocycles. The number of aromatic carboxylic acids is 6. The van der Waals surface area contributed by atoms with Gasteiger partial charge < -0.3 is 55.3 Å². The first-order chi connectivity index (χ1) is 49.6. The zero-order valence-electron chi connectivity index (χ0n) is 53.0. The van der Waals surface area contributed by atoms with Crippen LogP contribution in [0, 0.1) is 45.0 Å². The summed E-state index contributed by atoms with van der Waals surface area (Å²) >= 11 is 10.8. The van der Waals surface area contributed by atoms with Gasteiger partial charge in [0, 0.05) is 22.4 Å². The monoisotopic (exact) mass is 1560 g/mol. The minimum Gasteiger partial charge on any atom is -0.494 e. The number of aliphatic carboxylic acids is 2. The number of hydrogen-bond donors (Lipinski definition) is 9. The molecule has 0 aliphatic rings. The van der Waals surface area contributed by atoms with Crippen molar-refractivity contribution in [3.63, 3.8) is 0 Å². The van der Waals surface area contributed by atoms with E-state index in [1.807, 2.05) is 0 Å². The molecule has 22 nitrogen and oxygen atoms in total. The van der Waals surface area contributed by atoms with Crippen molar-refractivity contribution in [2.24, 2.45) is 0 Å². The second-order valence-electron chi connectivity index (χ2n) is 20.1. The molecule has 566 valence electrons. The van der Waals surface area contributed by atoms with Crippen LogP contribution in [0.25, 0.3) is 21.7 Å². The molecule has 0 fully saturated rings. The molecule has 0 bridgehead atoms. The lowest BCUT2D eigenvalue weighted by atomic mass is 10.0. The van der Waals surface area contributed by atoms with Crippen molar-refractivity contribution in [1.82, 2.24) is 4.98 Å². The van der Waals surface area contributed by atoms with Gasteiger partial charge in [-0.05, 0) is 144 Å². The van der Waals surface area contributed by atoms with Gasteiger partial charge in [-0.25, -0.2) is 55.5 Å². The third kappa shape index (κ3) is 29.0. The standard InChI is InChI=1S/C11H7FO2.C9H4F6O2.C9H7F3O2.C9H6FNO2.2C8H7FO3.C7H3Cl2FO2.C7H4FNO4/c12-10-6-5-9(11(13)14)7-3-1-2-4-8(7)10;10-8(11,12)5-1-4(7(16)17)2-6(3-5)9(13,14)15;10-9(11,12)7-3-1-6(2-4-7)5-8(13)14;10-6-1-2-7-5(3-6)4-8(11-7)9(12)13;1-12-7-3-2-5(8(10)11)4-6(7)9;9-6-1-3-7(4-2-6)12-5-8(10)11;8-4-2-5(9)6(10)1-3(4)7(11)12;8-5-2-1-4(7(10)11)3-6(5)9(12)13/h1-6H,(H,13,14);1-3H,(H,16,17);1-4H,5H2,(H,13,14);1-4,11H,(H,12,13);2-4H,1H3,(H,10,11);1-4H,5H2,(H,10,11);1-2H,(H,11,12);1-3H,(H,10,11). The molecule has 0 aliphatic heterocycles. The number of carbonyl (C=O) groups is 8. The summed E-state index contributed by atoms with van der Waals surface area (Å²) in [7, 11) is 1.32. The molecule has 0 atom stereocenters. The van der Waals surface area contributed by atoms with Gasteiger partial charge in [0.2, 0.25) is 5.82 Å². The molecular weight excluding hydrogens is 1520 g/mol. The van der Waals surface area contributed by atoms with E-state index in [2.05, 4.69) is 9.72 Å². The highest BCUT2D eigenvalue weighted by molar-refractivity contribution is 6.36. The van der Waals surface area contributed by atoms with Crippen molar-refractivity contribution in [1.29, 1.82) is 0 Å². The molecule has 9 N–H and O–H groups in total. The van der Waals surface area contributed by atoms with E-state index in [0.29, 0.717) is 39.1 Å². The summed E-state index contributed by atoms with van der Waals surface area (Å²) in [6, 6.07) is 31.6. The Kier molecular flexibility index (Phi) is 32.7. The van der Waals surface area contributed by atoms with Crippen LogP contribution in [0.5, 0.6) is 11.5 Å². The summed E-state index contributed by atoms with van der Waals surface area (Å²) in [6.45, 7) is -0.411. The van der Waals surface area contributed by atoms with Gasteiger partial charge in [-0.3, -0.25) is 14.9 Å². The highest BCUT2D eigenvalue weighted by Crippen LogP contribution is 2.37. The molecule has 0 radical (unpaired) electrons. The van der Waals surface area contributed by atoms with Gasteiger partial charge in [-0.15, -0.1) is 0 Å². The van der Waals surface area contributed by atoms with Gasteiger partial charge in [0.05, 0.1) is 73.0 Å². The van der Waals surface area contributed by atoms with E-state index < -0.39 is 129 Å². The number of nitro benzene ring substituents is 1. The SMILES string of the molecule is COc1ccc(C(=O)O)cc1F.O=C(O)COc1ccc(F)cc1.O=C(O)Cc1ccc(C(F)(F)F)cc1.O=C(O)c1cc(C(F)(F)F)cc(C(F)(F)F)c1.O=C(O)c1cc(F)c(Cl)cc1Cl.O=C(O)c1cc2cc(F)ccc2[nH]1.O=C(O)c1ccc(F)c([N+](=O)[O-])c1.O=C(O)c1ccc(F)c2ccccc12. The van der Waals surface area contributed by atoms with Gasteiger partial charge in [0.25, 0.3) is 0 Å². The number of hydrogen-bond acceptors (Lipinski definition) is 12. The number of halogens is 17. The molecule has 0 unspecified atom stereocenters. The van der Waals surface area contributed by atoms with E-state index in [-0.39, 0.29) is 80.0 Å². The largest absolute Gasteiger partial charge is 0.494 e. The number of rotatable bonds is 13. The van der Waals surface area contributed by atoms with Crippen LogP contribution < -0.4 is 9.47 Å². The average Bonchev–Trinajstić information content (AvgIpc) is 1.70. The summed E-state index contributed by atoms with van der Waals surface area (Å²) in [6.07, 6.45) is -14.7. The highest BCUT2D eigenvalue weighted by Gasteiger charge is 2.38. The van der Waals surface area contributed by atoms with Crippen LogP contribution in [0.4, 0.5) is 71.5 Å². The molecule has 0 saturated carbocycles. The number of aromatic amines is 1. The number of benzene rings is 9. The Morgan fingerprint density at radius 1 is 0.449 bits per heavy atom. The van der Waals surface area contributed by atoms with Crippen molar-refractivity contribution in [2.75, 3.05) is 13.7 Å². The fourth-order valence-corrected chi connectivity index (χ4v) is 8.14. The summed E-state index contributed by atoms with van der Waals surface area (Å²) < 4.78 is 195. The van der Waals surface area contributed by atoms with E-state index >= 15 is 0 Å². The number of carboxylic acids is 8. The maximum atomic E-state index is 13.2. The Morgan fingerprint density at radius 2 is 0.953 bits per heavy atom. The lowest BCUT2D eigenvalue weighted by molar-refractivity contribution is -0.387. The Morgan fingerprint density at radius 3 is 1.42 bits per heavy atom. The molecule has 39 heteroatoms. The second kappa shape index (κ2) is 39.6. The van der Waals surface area contributed by atoms with E-state index in [9.17, 15) is 114 Å². The third-order valence-electron chi connectivity index (χ3n) is 12.6. The summed E-state index contributed by atoms with van der Waals surface area (Å²) in [5, 5.41) is 79.1. The Balaban J connectivity index is 0.000000318. The number of aromatic nitrogens is 1. The van der Waals surface area contributed by atoms with Crippen molar-refractivity contribution in [2.45, 2.75) is 24.9 Å². The fraction of sp³-hybridized carbons (Fsp3) is 0.0882. The first-order valence-corrected chi connectivity index (χ1v) is 29.0. The first kappa shape index (κ1) is 88.3. The topological polar surface area (TPSA) is 376 Å². The first-order valence-electron chi connectivity index (χ1n) is 28.2. The van der Waals surface area contributed by atoms with Gasteiger partial charge in [0.15, 0.2) is 18.2 Å². The molecule has 10 aromatic rings. The maximum absolute atomic E-state index is 13.2. The van der Waals surface area contributed by atoms with Gasteiger partial charge in [-0.2, -0.15) is 43.9 Å². The maximum Gasteiger partial charge on any atom is 0.416 e. The van der Waals surface area contributed by atoms with E-state index in [1.54, 1.807) is 24.3 Å². The third-order valence-corrected chi connectivity index (χ3v) is 13.2. The number of ether oxygens (including phenoxy) is 2. The van der Waals surface area contributed by atoms with Crippen molar-refractivity contribution < 1.29 is 159 Å². The van der Waals surface area contributed by atoms with Gasteiger partial charge >= 0.3 is 72.0 Å². The normalized spacial score (nSPS) is 10.5. The fourth-order valence-electron chi connectivity index (χ4n) is 7.68. The highest BCUT2D eigenvalue weighted by atomic mass is 35.5. The summed E-state index contributed by atoms with van der Waals surface area (Å²) in [5.74, 6) is -13.1. The minimum atomic E-state index is -5.04. The molecule has 1 aromatic heterocycles. The number of alkyl halides is 9. The number of methoxy groups -OCH3 is 1. The predicted octanol–water partition coefficient (Wildman–Crippen LogP) is 17.5.